The molecule has 0 aliphatic heterocycles. The van der Waals surface area contributed by atoms with Gasteiger partial charge in [-0.15, -0.1) is 10.2 Å². The SMILES string of the molecule is [C-]#[N+]C(C)(C)N=NC(C)(C)C#N.[C-]#[N+]C(C)(CCC(=O)O)N=NC(C)(C#N)CCC(=O)O. The quantitative estimate of drug-likeness (QED) is 0.370. The van der Waals surface area contributed by atoms with Gasteiger partial charge in [0.25, 0.3) is 0 Å². The predicted octanol–water partition coefficient (Wildman–Crippen LogP) is 4.48. The highest BCUT2D eigenvalue weighted by Crippen LogP contribution is 2.24. The van der Waals surface area contributed by atoms with E-state index in [0.29, 0.717) is 0 Å². The van der Waals surface area contributed by atoms with Crippen LogP contribution in [-0.4, -0.2) is 44.6 Å². The highest BCUT2D eigenvalue weighted by atomic mass is 16.4. The molecule has 0 amide bonds. The van der Waals surface area contributed by atoms with Gasteiger partial charge in [0.05, 0.1) is 25.0 Å². The Morgan fingerprint density at radius 3 is 1.69 bits per heavy atom. The summed E-state index contributed by atoms with van der Waals surface area (Å²) in [6.45, 7) is 23.2. The molecule has 12 nitrogen and oxygen atoms in total. The number of carboxylic acids is 2. The molecule has 0 aliphatic rings. The molecule has 0 spiro atoms. The van der Waals surface area contributed by atoms with Gasteiger partial charge in [0.15, 0.2) is 11.1 Å². The maximum absolute atomic E-state index is 10.5. The van der Waals surface area contributed by atoms with Crippen LogP contribution in [0.15, 0.2) is 20.5 Å². The molecule has 172 valence electrons. The molecular formula is C20H28N8O4. The largest absolute Gasteiger partial charge is 0.481 e. The van der Waals surface area contributed by atoms with Crippen LogP contribution in [0.4, 0.5) is 0 Å². The molecule has 0 aliphatic carbocycles. The normalized spacial score (nSPS) is 15.1. The summed E-state index contributed by atoms with van der Waals surface area (Å²) in [6.07, 6.45) is -0.547. The molecule has 0 radical (unpaired) electrons. The number of hydrogen-bond acceptors (Lipinski definition) is 8. The van der Waals surface area contributed by atoms with Crippen LogP contribution in [0.2, 0.25) is 0 Å². The highest BCUT2D eigenvalue weighted by Gasteiger charge is 2.33. The summed E-state index contributed by atoms with van der Waals surface area (Å²) in [5.41, 5.74) is -4.39. The van der Waals surface area contributed by atoms with E-state index in [2.05, 4.69) is 30.1 Å². The summed E-state index contributed by atoms with van der Waals surface area (Å²) in [4.78, 5) is 27.5. The third-order valence-corrected chi connectivity index (χ3v) is 3.70. The summed E-state index contributed by atoms with van der Waals surface area (Å²) < 4.78 is 0. The third-order valence-electron chi connectivity index (χ3n) is 3.70. The van der Waals surface area contributed by atoms with Crippen molar-refractivity contribution in [2.75, 3.05) is 0 Å². The number of aliphatic carboxylic acids is 2. The second kappa shape index (κ2) is 12.7. The van der Waals surface area contributed by atoms with Crippen molar-refractivity contribution in [3.63, 3.8) is 0 Å². The Morgan fingerprint density at radius 2 is 1.31 bits per heavy atom. The fraction of sp³-hybridized carbons (Fsp3) is 0.700. The minimum absolute atomic E-state index is 0.0320. The monoisotopic (exact) mass is 444 g/mol. The molecule has 0 saturated carbocycles. The van der Waals surface area contributed by atoms with Crippen molar-refractivity contribution in [1.82, 2.24) is 0 Å². The van der Waals surface area contributed by atoms with Crippen molar-refractivity contribution in [2.24, 2.45) is 20.5 Å². The molecule has 12 heteroatoms. The van der Waals surface area contributed by atoms with Gasteiger partial charge in [-0.2, -0.15) is 20.8 Å². The van der Waals surface area contributed by atoms with Gasteiger partial charge in [-0.3, -0.25) is 19.3 Å². The van der Waals surface area contributed by atoms with Crippen LogP contribution in [0, 0.1) is 35.8 Å². The van der Waals surface area contributed by atoms with E-state index in [1.165, 1.54) is 13.8 Å². The first-order valence-electron chi connectivity index (χ1n) is 9.41. The first-order chi connectivity index (χ1) is 14.5. The molecule has 0 heterocycles. The van der Waals surface area contributed by atoms with Crippen LogP contribution in [0.3, 0.4) is 0 Å². The van der Waals surface area contributed by atoms with Crippen LogP contribution in [0.1, 0.15) is 67.2 Å². The molecule has 0 aromatic carbocycles. The summed E-state index contributed by atoms with van der Waals surface area (Å²) in [5.74, 6) is -2.11. The Kier molecular flexibility index (Phi) is 12.0. The lowest BCUT2D eigenvalue weighted by molar-refractivity contribution is -0.138. The summed E-state index contributed by atoms with van der Waals surface area (Å²) in [5, 5.41) is 49.8. The van der Waals surface area contributed by atoms with Crippen molar-refractivity contribution in [3.8, 4) is 12.1 Å². The topological polar surface area (TPSA) is 180 Å². The lowest BCUT2D eigenvalue weighted by Crippen LogP contribution is -2.24. The van der Waals surface area contributed by atoms with Crippen molar-refractivity contribution >= 4 is 11.9 Å². The van der Waals surface area contributed by atoms with E-state index in [0.717, 1.165) is 0 Å². The zero-order valence-electron chi connectivity index (χ0n) is 19.1. The lowest BCUT2D eigenvalue weighted by atomic mass is 9.99. The number of carboxylic acid groups (broad SMARTS) is 2. The molecule has 32 heavy (non-hydrogen) atoms. The summed E-state index contributed by atoms with van der Waals surface area (Å²) in [6, 6.07) is 3.83. The predicted molar refractivity (Wildman–Crippen MR) is 113 cm³/mol. The first kappa shape index (κ1) is 30.3. The van der Waals surface area contributed by atoms with Crippen molar-refractivity contribution in [1.29, 1.82) is 10.5 Å². The maximum atomic E-state index is 10.5. The standard InChI is InChI=1S/C12H16N4O4.C8H12N4/c1-11(8-13,6-4-9(17)18)15-16-12(2,14-3)7-5-10(19)20;1-7(2,6-9)11-12-8(3,4)10-5/h4-7H2,1-2H3,(H,17,18)(H,19,20);1-4H3. The number of azo groups is 2. The van der Waals surface area contributed by atoms with E-state index in [1.807, 2.05) is 12.1 Å². The van der Waals surface area contributed by atoms with Crippen LogP contribution < -0.4 is 0 Å². The zero-order chi connectivity index (χ0) is 25.6. The second-order valence-corrected chi connectivity index (χ2v) is 8.18. The van der Waals surface area contributed by atoms with Gasteiger partial charge in [-0.1, -0.05) is 0 Å². The molecule has 2 N–H and O–H groups in total. The van der Waals surface area contributed by atoms with Crippen LogP contribution >= 0.6 is 0 Å². The first-order valence-corrected chi connectivity index (χ1v) is 9.41. The van der Waals surface area contributed by atoms with Gasteiger partial charge < -0.3 is 10.2 Å². The molecule has 0 fully saturated rings. The third kappa shape index (κ3) is 14.1. The van der Waals surface area contributed by atoms with E-state index in [1.54, 1.807) is 27.7 Å². The van der Waals surface area contributed by atoms with Crippen LogP contribution in [0.25, 0.3) is 9.69 Å². The number of nitrogens with zero attached hydrogens (tertiary/aromatic N) is 8. The fourth-order valence-electron chi connectivity index (χ4n) is 1.46. The van der Waals surface area contributed by atoms with Crippen molar-refractivity contribution < 1.29 is 19.8 Å². The maximum Gasteiger partial charge on any atom is 0.338 e. The molecule has 0 aromatic heterocycles. The number of carbonyl (C=O) groups is 2. The molecule has 0 saturated heterocycles. The van der Waals surface area contributed by atoms with Gasteiger partial charge in [0.2, 0.25) is 0 Å². The van der Waals surface area contributed by atoms with E-state index < -0.39 is 34.3 Å². The van der Waals surface area contributed by atoms with Gasteiger partial charge in [-0.05, 0) is 27.2 Å². The average Bonchev–Trinajstić information content (AvgIpc) is 2.74. The Bertz CT molecular complexity index is 827. The van der Waals surface area contributed by atoms with Gasteiger partial charge in [0, 0.05) is 27.2 Å². The van der Waals surface area contributed by atoms with Crippen LogP contribution in [-0.2, 0) is 9.59 Å². The smallest absolute Gasteiger partial charge is 0.338 e. The Labute approximate surface area is 187 Å². The summed E-state index contributed by atoms with van der Waals surface area (Å²) >= 11 is 0. The minimum Gasteiger partial charge on any atom is -0.481 e. The fourth-order valence-corrected chi connectivity index (χ4v) is 1.46. The summed E-state index contributed by atoms with van der Waals surface area (Å²) in [7, 11) is 0. The van der Waals surface area contributed by atoms with E-state index >= 15 is 0 Å². The Balaban J connectivity index is 0. The Hall–Kier alpha value is -3.90. The Morgan fingerprint density at radius 1 is 0.812 bits per heavy atom. The van der Waals surface area contributed by atoms with Crippen molar-refractivity contribution in [3.05, 3.63) is 22.8 Å². The number of nitriles is 2. The highest BCUT2D eigenvalue weighted by molar-refractivity contribution is 5.67. The lowest BCUT2D eigenvalue weighted by Gasteiger charge is -2.16. The molecule has 0 bridgehead atoms. The van der Waals surface area contributed by atoms with Crippen LogP contribution in [0.5, 0.6) is 0 Å². The van der Waals surface area contributed by atoms with Gasteiger partial charge >= 0.3 is 23.3 Å². The average molecular weight is 444 g/mol. The van der Waals surface area contributed by atoms with E-state index in [-0.39, 0.29) is 25.7 Å². The molecule has 2 unspecified atom stereocenters. The van der Waals surface area contributed by atoms with E-state index in [4.69, 9.17) is 33.9 Å². The number of hydrogen-bond donors (Lipinski definition) is 2. The molecule has 2 atom stereocenters. The molecule has 0 aromatic rings. The zero-order valence-corrected chi connectivity index (χ0v) is 19.1. The molecule has 0 rings (SSSR count). The second-order valence-electron chi connectivity index (χ2n) is 8.18. The van der Waals surface area contributed by atoms with Crippen molar-refractivity contribution in [2.45, 2.75) is 89.6 Å². The number of rotatable bonds is 10. The van der Waals surface area contributed by atoms with Gasteiger partial charge in [0.1, 0.15) is 0 Å². The van der Waals surface area contributed by atoms with E-state index in [9.17, 15) is 9.59 Å². The molecular weight excluding hydrogens is 416 g/mol. The van der Waals surface area contributed by atoms with Gasteiger partial charge in [-0.25, -0.2) is 13.1 Å². The minimum atomic E-state index is -1.36.